The quantitative estimate of drug-likeness (QED) is 0.746. The third-order valence-electron chi connectivity index (χ3n) is 3.51. The van der Waals surface area contributed by atoms with Crippen molar-refractivity contribution in [3.8, 4) is 0 Å². The smallest absolute Gasteiger partial charge is 0.0607 e. The molecule has 1 atom stereocenters. The minimum Gasteiger partial charge on any atom is -0.394 e. The molecule has 3 heteroatoms. The summed E-state index contributed by atoms with van der Waals surface area (Å²) in [5.74, 6) is 0. The van der Waals surface area contributed by atoms with Crippen LogP contribution in [0.2, 0.25) is 0 Å². The van der Waals surface area contributed by atoms with Crippen LogP contribution in [0.4, 0.5) is 5.69 Å². The Labute approximate surface area is 110 Å². The monoisotopic (exact) mass is 248 g/mol. The van der Waals surface area contributed by atoms with Crippen molar-refractivity contribution in [3.63, 3.8) is 0 Å². The fraction of sp³-hybridized carbons (Fsp3) is 0.600. The van der Waals surface area contributed by atoms with Gasteiger partial charge >= 0.3 is 0 Å². The maximum atomic E-state index is 9.18. The third kappa shape index (κ3) is 3.24. The summed E-state index contributed by atoms with van der Waals surface area (Å²) in [5, 5.41) is 16.0. The number of benzene rings is 1. The van der Waals surface area contributed by atoms with E-state index in [4.69, 9.17) is 0 Å². The van der Waals surface area contributed by atoms with Gasteiger partial charge in [-0.05, 0) is 57.4 Å². The standard InChI is InChI=1S/C15H24N2O/c1-11-8-13-9-12(4-5-14(13)17-11)6-7-16-15(2,3)10-18/h4-5,9,11,16-18H,6-8,10H2,1-3H3. The SMILES string of the molecule is CC1Cc2cc(CCNC(C)(C)CO)ccc2N1. The molecule has 0 aliphatic carbocycles. The molecule has 0 fully saturated rings. The zero-order valence-corrected chi connectivity index (χ0v) is 11.6. The number of aliphatic hydroxyl groups excluding tert-OH is 1. The molecule has 3 nitrogen and oxygen atoms in total. The van der Waals surface area contributed by atoms with Crippen LogP contribution in [0.3, 0.4) is 0 Å². The lowest BCUT2D eigenvalue weighted by Gasteiger charge is -2.23. The fourth-order valence-corrected chi connectivity index (χ4v) is 2.36. The van der Waals surface area contributed by atoms with Crippen molar-refractivity contribution < 1.29 is 5.11 Å². The van der Waals surface area contributed by atoms with E-state index in [0.717, 1.165) is 19.4 Å². The highest BCUT2D eigenvalue weighted by molar-refractivity contribution is 5.57. The van der Waals surface area contributed by atoms with Gasteiger partial charge in [0.05, 0.1) is 6.61 Å². The predicted octanol–water partition coefficient (Wildman–Crippen LogP) is 1.95. The molecule has 0 amide bonds. The van der Waals surface area contributed by atoms with Gasteiger partial charge in [-0.15, -0.1) is 0 Å². The summed E-state index contributed by atoms with van der Waals surface area (Å²) < 4.78 is 0. The van der Waals surface area contributed by atoms with Crippen LogP contribution in [0.5, 0.6) is 0 Å². The second kappa shape index (κ2) is 5.29. The topological polar surface area (TPSA) is 44.3 Å². The van der Waals surface area contributed by atoms with Crippen LogP contribution < -0.4 is 10.6 Å². The molecule has 3 N–H and O–H groups in total. The van der Waals surface area contributed by atoms with Crippen molar-refractivity contribution in [2.45, 2.75) is 45.2 Å². The van der Waals surface area contributed by atoms with E-state index in [0.29, 0.717) is 6.04 Å². The van der Waals surface area contributed by atoms with Crippen molar-refractivity contribution in [1.29, 1.82) is 0 Å². The number of anilines is 1. The Morgan fingerprint density at radius 1 is 1.44 bits per heavy atom. The predicted molar refractivity (Wildman–Crippen MR) is 76.1 cm³/mol. The normalized spacial score (nSPS) is 18.6. The van der Waals surface area contributed by atoms with Crippen molar-refractivity contribution in [1.82, 2.24) is 5.32 Å². The third-order valence-corrected chi connectivity index (χ3v) is 3.51. The molecule has 0 saturated carbocycles. The number of rotatable bonds is 5. The average Bonchev–Trinajstić information content (AvgIpc) is 2.68. The van der Waals surface area contributed by atoms with Crippen molar-refractivity contribution in [3.05, 3.63) is 29.3 Å². The van der Waals surface area contributed by atoms with Gasteiger partial charge in [0.15, 0.2) is 0 Å². The van der Waals surface area contributed by atoms with Crippen LogP contribution in [0.25, 0.3) is 0 Å². The van der Waals surface area contributed by atoms with E-state index >= 15 is 0 Å². The van der Waals surface area contributed by atoms with Crippen molar-refractivity contribution in [2.75, 3.05) is 18.5 Å². The van der Waals surface area contributed by atoms with Crippen molar-refractivity contribution >= 4 is 5.69 Å². The number of fused-ring (bicyclic) bond motifs is 1. The molecule has 0 saturated heterocycles. The van der Waals surface area contributed by atoms with E-state index in [9.17, 15) is 5.11 Å². The second-order valence-electron chi connectivity index (χ2n) is 5.96. The van der Waals surface area contributed by atoms with Crippen LogP contribution in [0, 0.1) is 0 Å². The van der Waals surface area contributed by atoms with Gasteiger partial charge in [-0.25, -0.2) is 0 Å². The lowest BCUT2D eigenvalue weighted by atomic mass is 10.0. The Kier molecular flexibility index (Phi) is 3.93. The summed E-state index contributed by atoms with van der Waals surface area (Å²) in [4.78, 5) is 0. The molecule has 2 rings (SSSR count). The fourth-order valence-electron chi connectivity index (χ4n) is 2.36. The minimum absolute atomic E-state index is 0.165. The number of hydrogen-bond acceptors (Lipinski definition) is 3. The summed E-state index contributed by atoms with van der Waals surface area (Å²) in [6, 6.07) is 7.24. The number of aliphatic hydroxyl groups is 1. The molecule has 18 heavy (non-hydrogen) atoms. The van der Waals surface area contributed by atoms with E-state index < -0.39 is 0 Å². The maximum Gasteiger partial charge on any atom is 0.0607 e. The first kappa shape index (κ1) is 13.4. The van der Waals surface area contributed by atoms with E-state index in [2.05, 4.69) is 35.8 Å². The minimum atomic E-state index is -0.188. The van der Waals surface area contributed by atoms with Gasteiger partial charge in [0.2, 0.25) is 0 Å². The zero-order valence-electron chi connectivity index (χ0n) is 11.6. The van der Waals surface area contributed by atoms with Gasteiger partial charge < -0.3 is 15.7 Å². The highest BCUT2D eigenvalue weighted by atomic mass is 16.3. The molecule has 1 aliphatic heterocycles. The first-order valence-corrected chi connectivity index (χ1v) is 6.74. The molecular weight excluding hydrogens is 224 g/mol. The average molecular weight is 248 g/mol. The molecular formula is C15H24N2O. The summed E-state index contributed by atoms with van der Waals surface area (Å²) in [6.45, 7) is 7.31. The van der Waals surface area contributed by atoms with Crippen LogP contribution >= 0.6 is 0 Å². The number of hydrogen-bond donors (Lipinski definition) is 3. The molecule has 1 aromatic carbocycles. The van der Waals surface area contributed by atoms with Gasteiger partial charge in [0.1, 0.15) is 0 Å². The van der Waals surface area contributed by atoms with Crippen LogP contribution in [-0.4, -0.2) is 29.8 Å². The molecule has 1 unspecified atom stereocenters. The Morgan fingerprint density at radius 2 is 2.22 bits per heavy atom. The van der Waals surface area contributed by atoms with E-state index in [1.54, 1.807) is 0 Å². The van der Waals surface area contributed by atoms with Crippen LogP contribution in [0.15, 0.2) is 18.2 Å². The van der Waals surface area contributed by atoms with Gasteiger partial charge in [0, 0.05) is 17.3 Å². The second-order valence-corrected chi connectivity index (χ2v) is 5.96. The first-order chi connectivity index (χ1) is 8.50. The summed E-state index contributed by atoms with van der Waals surface area (Å²) >= 11 is 0. The molecule has 1 aliphatic rings. The van der Waals surface area contributed by atoms with Gasteiger partial charge in [-0.2, -0.15) is 0 Å². The molecule has 0 aromatic heterocycles. The van der Waals surface area contributed by atoms with E-state index in [1.807, 2.05) is 13.8 Å². The van der Waals surface area contributed by atoms with Gasteiger partial charge in [-0.1, -0.05) is 12.1 Å². The number of nitrogens with one attached hydrogen (secondary N) is 2. The largest absolute Gasteiger partial charge is 0.394 e. The van der Waals surface area contributed by atoms with Crippen LogP contribution in [-0.2, 0) is 12.8 Å². The first-order valence-electron chi connectivity index (χ1n) is 6.74. The molecule has 0 radical (unpaired) electrons. The summed E-state index contributed by atoms with van der Waals surface area (Å²) in [5.41, 5.74) is 3.90. The summed E-state index contributed by atoms with van der Waals surface area (Å²) in [7, 11) is 0. The lowest BCUT2D eigenvalue weighted by Crippen LogP contribution is -2.43. The Bertz CT molecular complexity index is 415. The van der Waals surface area contributed by atoms with Gasteiger partial charge in [0.25, 0.3) is 0 Å². The molecule has 0 spiro atoms. The van der Waals surface area contributed by atoms with E-state index in [1.165, 1.54) is 16.8 Å². The molecule has 1 aromatic rings. The Balaban J connectivity index is 1.90. The van der Waals surface area contributed by atoms with Gasteiger partial charge in [-0.3, -0.25) is 0 Å². The molecule has 100 valence electrons. The molecule has 0 bridgehead atoms. The molecule has 1 heterocycles. The van der Waals surface area contributed by atoms with E-state index in [-0.39, 0.29) is 12.1 Å². The Hall–Kier alpha value is -1.06. The lowest BCUT2D eigenvalue weighted by molar-refractivity contribution is 0.189. The highest BCUT2D eigenvalue weighted by Gasteiger charge is 2.17. The summed E-state index contributed by atoms with van der Waals surface area (Å²) in [6.07, 6.45) is 2.13. The maximum absolute atomic E-state index is 9.18. The zero-order chi connectivity index (χ0) is 13.2. The highest BCUT2D eigenvalue weighted by Crippen LogP contribution is 2.26. The Morgan fingerprint density at radius 3 is 2.94 bits per heavy atom. The van der Waals surface area contributed by atoms with Crippen molar-refractivity contribution in [2.24, 2.45) is 0 Å². The van der Waals surface area contributed by atoms with Crippen LogP contribution in [0.1, 0.15) is 31.9 Å².